The molecular weight excluding hydrogens is 132 g/mol. The van der Waals surface area contributed by atoms with E-state index >= 15 is 0 Å². The monoisotopic (exact) mass is 142 g/mol. The van der Waals surface area contributed by atoms with E-state index in [-0.39, 0.29) is 5.97 Å². The molecular formula is C7H10O3. The summed E-state index contributed by atoms with van der Waals surface area (Å²) in [4.78, 5) is 10.7. The first-order valence-electron chi connectivity index (χ1n) is 3.33. The van der Waals surface area contributed by atoms with Crippen LogP contribution < -0.4 is 0 Å². The van der Waals surface area contributed by atoms with Gasteiger partial charge in [-0.2, -0.15) is 0 Å². The van der Waals surface area contributed by atoms with E-state index in [4.69, 9.17) is 4.74 Å². The molecule has 0 bridgehead atoms. The third-order valence-electron chi connectivity index (χ3n) is 1.20. The molecule has 1 rings (SSSR count). The van der Waals surface area contributed by atoms with Gasteiger partial charge in [-0.25, -0.2) is 4.79 Å². The molecule has 0 spiro atoms. The first-order chi connectivity index (χ1) is 4.83. The zero-order valence-corrected chi connectivity index (χ0v) is 5.92. The fourth-order valence-corrected chi connectivity index (χ4v) is 0.649. The lowest BCUT2D eigenvalue weighted by Crippen LogP contribution is -2.11. The molecule has 0 aromatic rings. The summed E-state index contributed by atoms with van der Waals surface area (Å²) in [5, 5.41) is 0. The lowest BCUT2D eigenvalue weighted by atomic mass is 10.3. The Morgan fingerprint density at radius 1 is 1.90 bits per heavy atom. The Balaban J connectivity index is 2.28. The molecule has 0 radical (unpaired) electrons. The number of hydrogen-bond donors (Lipinski definition) is 0. The van der Waals surface area contributed by atoms with Crippen molar-refractivity contribution in [2.75, 3.05) is 13.2 Å². The van der Waals surface area contributed by atoms with E-state index < -0.39 is 0 Å². The molecule has 0 unspecified atom stereocenters. The Hall–Kier alpha value is -0.990. The third-order valence-corrected chi connectivity index (χ3v) is 1.20. The smallest absolute Gasteiger partial charge is 0.334 e. The van der Waals surface area contributed by atoms with Gasteiger partial charge in [-0.15, -0.1) is 0 Å². The van der Waals surface area contributed by atoms with Crippen LogP contribution in [0.15, 0.2) is 11.8 Å². The van der Waals surface area contributed by atoms with Crippen LogP contribution in [0.2, 0.25) is 0 Å². The van der Waals surface area contributed by atoms with E-state index in [2.05, 4.69) is 4.74 Å². The number of ether oxygens (including phenoxy) is 2. The maximum atomic E-state index is 10.7. The Labute approximate surface area is 59.6 Å². The molecule has 0 aromatic heterocycles. The molecule has 0 amide bonds. The van der Waals surface area contributed by atoms with E-state index in [9.17, 15) is 4.79 Å². The van der Waals surface area contributed by atoms with Crippen LogP contribution in [0.25, 0.3) is 0 Å². The highest BCUT2D eigenvalue weighted by Gasteiger charge is 2.11. The van der Waals surface area contributed by atoms with Crippen molar-refractivity contribution in [3.05, 3.63) is 11.8 Å². The van der Waals surface area contributed by atoms with Gasteiger partial charge < -0.3 is 9.47 Å². The Kier molecular flexibility index (Phi) is 2.31. The lowest BCUT2D eigenvalue weighted by Gasteiger charge is -2.17. The summed E-state index contributed by atoms with van der Waals surface area (Å²) in [6, 6.07) is 0. The van der Waals surface area contributed by atoms with Crippen molar-refractivity contribution in [2.24, 2.45) is 0 Å². The highest BCUT2D eigenvalue weighted by molar-refractivity contribution is 5.82. The van der Waals surface area contributed by atoms with Crippen molar-refractivity contribution in [3.63, 3.8) is 0 Å². The Morgan fingerprint density at radius 3 is 3.00 bits per heavy atom. The van der Waals surface area contributed by atoms with Crippen LogP contribution in [0.4, 0.5) is 0 Å². The minimum atomic E-state index is -0.308. The number of carbonyl (C=O) groups excluding carboxylic acids is 1. The van der Waals surface area contributed by atoms with Gasteiger partial charge in [0.25, 0.3) is 0 Å². The molecule has 1 heterocycles. The lowest BCUT2D eigenvalue weighted by molar-refractivity contribution is -0.137. The maximum Gasteiger partial charge on any atom is 0.334 e. The Morgan fingerprint density at radius 2 is 2.60 bits per heavy atom. The van der Waals surface area contributed by atoms with Crippen molar-refractivity contribution >= 4 is 5.97 Å². The number of esters is 1. The van der Waals surface area contributed by atoms with Crippen LogP contribution in [0.3, 0.4) is 0 Å². The molecule has 3 heteroatoms. The van der Waals surface area contributed by atoms with Crippen LogP contribution in [0.1, 0.15) is 13.3 Å². The standard InChI is InChI=1S/C7H10O3/c1-2-9-7(8)5-6-3-4-10-6/h5H,2-4H2,1H3. The second-order valence-electron chi connectivity index (χ2n) is 1.96. The SMILES string of the molecule is CCOC(=O)C=C1CCO1. The van der Waals surface area contributed by atoms with Crippen molar-refractivity contribution in [3.8, 4) is 0 Å². The molecule has 0 saturated carbocycles. The van der Waals surface area contributed by atoms with E-state index in [1.165, 1.54) is 6.08 Å². The van der Waals surface area contributed by atoms with Gasteiger partial charge in [-0.3, -0.25) is 0 Å². The predicted octanol–water partition coefficient (Wildman–Crippen LogP) is 0.854. The summed E-state index contributed by atoms with van der Waals surface area (Å²) in [5.41, 5.74) is 0. The van der Waals surface area contributed by atoms with E-state index in [0.717, 1.165) is 18.8 Å². The molecule has 0 aromatic carbocycles. The number of hydrogen-bond acceptors (Lipinski definition) is 3. The molecule has 1 saturated heterocycles. The first-order valence-corrected chi connectivity index (χ1v) is 3.33. The zero-order valence-electron chi connectivity index (χ0n) is 5.92. The van der Waals surface area contributed by atoms with Crippen LogP contribution in [0, 0.1) is 0 Å². The van der Waals surface area contributed by atoms with Crippen LogP contribution in [0.5, 0.6) is 0 Å². The zero-order chi connectivity index (χ0) is 7.40. The summed E-state index contributed by atoms with van der Waals surface area (Å²) >= 11 is 0. The summed E-state index contributed by atoms with van der Waals surface area (Å²) in [5.74, 6) is 0.427. The average Bonchev–Trinajstić information content (AvgIpc) is 1.80. The Bertz CT molecular complexity index is 154. The minimum absolute atomic E-state index is 0.308. The van der Waals surface area contributed by atoms with Crippen LogP contribution in [-0.4, -0.2) is 19.2 Å². The summed E-state index contributed by atoms with van der Waals surface area (Å²) < 4.78 is 9.56. The molecule has 10 heavy (non-hydrogen) atoms. The van der Waals surface area contributed by atoms with E-state index in [0.29, 0.717) is 6.61 Å². The van der Waals surface area contributed by atoms with Crippen molar-refractivity contribution in [1.29, 1.82) is 0 Å². The van der Waals surface area contributed by atoms with Gasteiger partial charge in [0.1, 0.15) is 5.76 Å². The van der Waals surface area contributed by atoms with Crippen molar-refractivity contribution in [2.45, 2.75) is 13.3 Å². The molecule has 56 valence electrons. The van der Waals surface area contributed by atoms with E-state index in [1.54, 1.807) is 6.92 Å². The second kappa shape index (κ2) is 3.25. The summed E-state index contributed by atoms with van der Waals surface area (Å²) in [6.07, 6.45) is 2.26. The minimum Gasteiger partial charge on any atom is -0.497 e. The quantitative estimate of drug-likeness (QED) is 0.423. The van der Waals surface area contributed by atoms with Crippen LogP contribution in [-0.2, 0) is 14.3 Å². The molecule has 3 nitrogen and oxygen atoms in total. The second-order valence-corrected chi connectivity index (χ2v) is 1.96. The van der Waals surface area contributed by atoms with E-state index in [1.807, 2.05) is 0 Å². The molecule has 0 atom stereocenters. The fourth-order valence-electron chi connectivity index (χ4n) is 0.649. The highest BCUT2D eigenvalue weighted by Crippen LogP contribution is 2.14. The van der Waals surface area contributed by atoms with Crippen LogP contribution >= 0.6 is 0 Å². The van der Waals surface area contributed by atoms with Gasteiger partial charge in [-0.05, 0) is 6.92 Å². The largest absolute Gasteiger partial charge is 0.497 e. The highest BCUT2D eigenvalue weighted by atomic mass is 16.5. The summed E-state index contributed by atoms with van der Waals surface area (Å²) in [7, 11) is 0. The number of rotatable bonds is 2. The number of carbonyl (C=O) groups is 1. The maximum absolute atomic E-state index is 10.7. The molecule has 1 fully saturated rings. The predicted molar refractivity (Wildman–Crippen MR) is 35.3 cm³/mol. The molecule has 0 aliphatic carbocycles. The van der Waals surface area contributed by atoms with Gasteiger partial charge >= 0.3 is 5.97 Å². The fraction of sp³-hybridized carbons (Fsp3) is 0.571. The van der Waals surface area contributed by atoms with Gasteiger partial charge in [0.05, 0.1) is 19.3 Å². The van der Waals surface area contributed by atoms with Gasteiger partial charge in [0.15, 0.2) is 0 Å². The van der Waals surface area contributed by atoms with Gasteiger partial charge in [-0.1, -0.05) is 0 Å². The average molecular weight is 142 g/mol. The molecule has 0 N–H and O–H groups in total. The molecule has 1 aliphatic rings. The first kappa shape index (κ1) is 7.12. The van der Waals surface area contributed by atoms with Gasteiger partial charge in [0.2, 0.25) is 0 Å². The molecule has 1 aliphatic heterocycles. The topological polar surface area (TPSA) is 35.5 Å². The summed E-state index contributed by atoms with van der Waals surface area (Å²) in [6.45, 7) is 2.92. The normalized spacial score (nSPS) is 19.5. The van der Waals surface area contributed by atoms with Crippen molar-refractivity contribution < 1.29 is 14.3 Å². The van der Waals surface area contributed by atoms with Gasteiger partial charge in [0, 0.05) is 6.42 Å². The third kappa shape index (κ3) is 1.76. The van der Waals surface area contributed by atoms with Crippen molar-refractivity contribution in [1.82, 2.24) is 0 Å².